The van der Waals surface area contributed by atoms with Crippen LogP contribution in [0.15, 0.2) is 24.3 Å². The monoisotopic (exact) mass is 289 g/mol. The van der Waals surface area contributed by atoms with Gasteiger partial charge in [-0.2, -0.15) is 0 Å². The highest BCUT2D eigenvalue weighted by Crippen LogP contribution is 2.30. The van der Waals surface area contributed by atoms with Crippen LogP contribution >= 0.6 is 0 Å². The molecule has 2 fully saturated rings. The van der Waals surface area contributed by atoms with Crippen molar-refractivity contribution in [3.63, 3.8) is 0 Å². The van der Waals surface area contributed by atoms with Gasteiger partial charge in [-0.15, -0.1) is 0 Å². The zero-order valence-corrected chi connectivity index (χ0v) is 12.3. The minimum absolute atomic E-state index is 0.349. The molecule has 1 aliphatic heterocycles. The maximum Gasteiger partial charge on any atom is 0.335 e. The number of rotatable bonds is 6. The van der Waals surface area contributed by atoms with Gasteiger partial charge in [0.2, 0.25) is 0 Å². The number of ether oxygens (including phenoxy) is 1. The van der Waals surface area contributed by atoms with Crippen molar-refractivity contribution in [1.82, 2.24) is 4.90 Å². The highest BCUT2D eigenvalue weighted by Gasteiger charge is 2.25. The molecule has 0 radical (unpaired) electrons. The van der Waals surface area contributed by atoms with Gasteiger partial charge in [0.15, 0.2) is 0 Å². The summed E-state index contributed by atoms with van der Waals surface area (Å²) in [6, 6.07) is 7.24. The molecule has 2 aliphatic rings. The van der Waals surface area contributed by atoms with E-state index in [9.17, 15) is 4.79 Å². The predicted octanol–water partition coefficient (Wildman–Crippen LogP) is 2.78. The van der Waals surface area contributed by atoms with E-state index in [4.69, 9.17) is 9.84 Å². The number of carboxylic acid groups (broad SMARTS) is 1. The Morgan fingerprint density at radius 2 is 2.19 bits per heavy atom. The van der Waals surface area contributed by atoms with Gasteiger partial charge in [-0.25, -0.2) is 4.79 Å². The number of piperidine rings is 1. The molecule has 1 saturated heterocycles. The predicted molar refractivity (Wildman–Crippen MR) is 80.4 cm³/mol. The summed E-state index contributed by atoms with van der Waals surface area (Å²) in [7, 11) is 0. The Balaban J connectivity index is 1.53. The Morgan fingerprint density at radius 1 is 1.33 bits per heavy atom. The second kappa shape index (κ2) is 6.58. The van der Waals surface area contributed by atoms with Crippen LogP contribution < -0.4 is 0 Å². The van der Waals surface area contributed by atoms with E-state index in [-0.39, 0.29) is 0 Å². The number of benzene rings is 1. The van der Waals surface area contributed by atoms with E-state index in [1.165, 1.54) is 12.8 Å². The van der Waals surface area contributed by atoms with Crippen molar-refractivity contribution in [2.24, 2.45) is 5.92 Å². The highest BCUT2D eigenvalue weighted by atomic mass is 16.5. The van der Waals surface area contributed by atoms with Crippen LogP contribution in [-0.2, 0) is 11.3 Å². The van der Waals surface area contributed by atoms with Crippen LogP contribution in [0, 0.1) is 5.92 Å². The van der Waals surface area contributed by atoms with Gasteiger partial charge in [0.1, 0.15) is 0 Å². The summed E-state index contributed by atoms with van der Waals surface area (Å²) in [6.45, 7) is 3.77. The molecule has 0 aromatic heterocycles. The average molecular weight is 289 g/mol. The van der Waals surface area contributed by atoms with Crippen LogP contribution in [0.2, 0.25) is 0 Å². The van der Waals surface area contributed by atoms with Crippen molar-refractivity contribution in [2.75, 3.05) is 19.7 Å². The third-order valence-electron chi connectivity index (χ3n) is 4.31. The first-order chi connectivity index (χ1) is 10.2. The summed E-state index contributed by atoms with van der Waals surface area (Å²) in [5.74, 6) is -0.0474. The maximum absolute atomic E-state index is 11.0. The van der Waals surface area contributed by atoms with Crippen LogP contribution in [0.3, 0.4) is 0 Å². The van der Waals surface area contributed by atoms with E-state index in [1.807, 2.05) is 12.1 Å². The minimum Gasteiger partial charge on any atom is -0.478 e. The quantitative estimate of drug-likeness (QED) is 0.875. The number of hydrogen-bond acceptors (Lipinski definition) is 3. The lowest BCUT2D eigenvalue weighted by atomic mass is 10.1. The molecule has 21 heavy (non-hydrogen) atoms. The molecule has 1 N–H and O–H groups in total. The first-order valence-corrected chi connectivity index (χ1v) is 7.87. The molecule has 0 bridgehead atoms. The van der Waals surface area contributed by atoms with Crippen LogP contribution in [0.25, 0.3) is 0 Å². The lowest BCUT2D eigenvalue weighted by Gasteiger charge is -2.32. The molecule has 4 nitrogen and oxygen atoms in total. The van der Waals surface area contributed by atoms with Gasteiger partial charge in [-0.05, 0) is 55.8 Å². The molecular formula is C17H23NO3. The van der Waals surface area contributed by atoms with Crippen molar-refractivity contribution < 1.29 is 14.6 Å². The molecule has 114 valence electrons. The van der Waals surface area contributed by atoms with Gasteiger partial charge >= 0.3 is 5.97 Å². The molecular weight excluding hydrogens is 266 g/mol. The van der Waals surface area contributed by atoms with Crippen LogP contribution in [0.1, 0.15) is 41.6 Å². The topological polar surface area (TPSA) is 49.8 Å². The zero-order chi connectivity index (χ0) is 14.7. The molecule has 1 atom stereocenters. The number of likely N-dealkylation sites (tertiary alicyclic amines) is 1. The van der Waals surface area contributed by atoms with E-state index in [2.05, 4.69) is 4.90 Å². The first kappa shape index (κ1) is 14.5. The molecule has 0 amide bonds. The van der Waals surface area contributed by atoms with Crippen molar-refractivity contribution in [3.8, 4) is 0 Å². The fourth-order valence-corrected chi connectivity index (χ4v) is 2.91. The van der Waals surface area contributed by atoms with Crippen molar-refractivity contribution >= 4 is 5.97 Å². The second-order valence-corrected chi connectivity index (χ2v) is 6.28. The summed E-state index contributed by atoms with van der Waals surface area (Å²) >= 11 is 0. The lowest BCUT2D eigenvalue weighted by Crippen LogP contribution is -2.39. The Kier molecular flexibility index (Phi) is 4.56. The Labute approximate surface area is 125 Å². The maximum atomic E-state index is 11.0. The van der Waals surface area contributed by atoms with E-state index >= 15 is 0 Å². The summed E-state index contributed by atoms with van der Waals surface area (Å²) in [4.78, 5) is 13.4. The van der Waals surface area contributed by atoms with Crippen molar-refractivity contribution in [1.29, 1.82) is 0 Å². The van der Waals surface area contributed by atoms with Crippen molar-refractivity contribution in [3.05, 3.63) is 35.4 Å². The molecule has 1 aromatic rings. The first-order valence-electron chi connectivity index (χ1n) is 7.87. The average Bonchev–Trinajstić information content (AvgIpc) is 3.30. The summed E-state index contributed by atoms with van der Waals surface area (Å²) in [5, 5.41) is 9.05. The number of carbonyl (C=O) groups is 1. The molecule has 1 aromatic carbocycles. The summed E-state index contributed by atoms with van der Waals surface area (Å²) < 4.78 is 6.00. The van der Waals surface area contributed by atoms with Crippen LogP contribution in [0.4, 0.5) is 0 Å². The number of aromatic carboxylic acids is 1. The third-order valence-corrected chi connectivity index (χ3v) is 4.31. The molecule has 3 rings (SSSR count). The zero-order valence-electron chi connectivity index (χ0n) is 12.3. The van der Waals surface area contributed by atoms with Gasteiger partial charge in [0.05, 0.1) is 11.7 Å². The van der Waals surface area contributed by atoms with Gasteiger partial charge < -0.3 is 9.84 Å². The molecule has 4 heteroatoms. The molecule has 1 unspecified atom stereocenters. The van der Waals surface area contributed by atoms with Gasteiger partial charge in [0.25, 0.3) is 0 Å². The molecule has 1 heterocycles. The highest BCUT2D eigenvalue weighted by molar-refractivity contribution is 5.87. The fraction of sp³-hybridized carbons (Fsp3) is 0.588. The van der Waals surface area contributed by atoms with Crippen molar-refractivity contribution in [2.45, 2.75) is 38.3 Å². The van der Waals surface area contributed by atoms with E-state index in [1.54, 1.807) is 12.1 Å². The summed E-state index contributed by atoms with van der Waals surface area (Å²) in [5.41, 5.74) is 1.43. The lowest BCUT2D eigenvalue weighted by molar-refractivity contribution is -0.00725. The Morgan fingerprint density at radius 3 is 2.95 bits per heavy atom. The number of hydrogen-bond donors (Lipinski definition) is 1. The van der Waals surface area contributed by atoms with Gasteiger partial charge in [0, 0.05) is 19.7 Å². The Hall–Kier alpha value is -1.39. The number of carboxylic acids is 1. The third kappa shape index (κ3) is 4.29. The largest absolute Gasteiger partial charge is 0.478 e. The van der Waals surface area contributed by atoms with Gasteiger partial charge in [-0.3, -0.25) is 4.90 Å². The molecule has 0 spiro atoms. The standard InChI is InChI=1S/C17H23NO3/c19-17(20)15-4-1-3-14(9-15)10-18-8-2-5-16(11-18)21-12-13-6-7-13/h1,3-4,9,13,16H,2,5-8,10-12H2,(H,19,20). The molecule has 1 aliphatic carbocycles. The van der Waals surface area contributed by atoms with Crippen LogP contribution in [-0.4, -0.2) is 41.8 Å². The number of nitrogens with zero attached hydrogens (tertiary/aromatic N) is 1. The Bertz CT molecular complexity index is 499. The normalized spacial score (nSPS) is 23.1. The summed E-state index contributed by atoms with van der Waals surface area (Å²) in [6.07, 6.45) is 5.32. The fourth-order valence-electron chi connectivity index (χ4n) is 2.91. The SMILES string of the molecule is O=C(O)c1cccc(CN2CCCC(OCC3CC3)C2)c1. The second-order valence-electron chi connectivity index (χ2n) is 6.28. The van der Waals surface area contributed by atoms with E-state index < -0.39 is 5.97 Å². The van der Waals surface area contributed by atoms with Gasteiger partial charge in [-0.1, -0.05) is 12.1 Å². The van der Waals surface area contributed by atoms with Crippen LogP contribution in [0.5, 0.6) is 0 Å². The van der Waals surface area contributed by atoms with E-state index in [0.717, 1.165) is 50.6 Å². The smallest absolute Gasteiger partial charge is 0.335 e. The molecule has 1 saturated carbocycles. The van der Waals surface area contributed by atoms with E-state index in [0.29, 0.717) is 11.7 Å². The minimum atomic E-state index is -0.860.